The number of rotatable bonds is 2. The first-order valence-electron chi connectivity index (χ1n) is 6.71. The van der Waals surface area contributed by atoms with E-state index in [1.165, 1.54) is 0 Å². The minimum atomic E-state index is 0.189. The summed E-state index contributed by atoms with van der Waals surface area (Å²) in [5.74, 6) is 0.430. The fourth-order valence-corrected chi connectivity index (χ4v) is 3.26. The molecule has 106 valence electrons. The average Bonchev–Trinajstić information content (AvgIpc) is 2.30. The second-order valence-corrected chi connectivity index (χ2v) is 7.09. The van der Waals surface area contributed by atoms with E-state index in [2.05, 4.69) is 46.6 Å². The first kappa shape index (κ1) is 14.8. The molecule has 4 heteroatoms. The molecule has 1 N–H and O–H groups in total. The largest absolute Gasteiger partial charge is 0.507 e. The minimum Gasteiger partial charge on any atom is -0.507 e. The minimum absolute atomic E-state index is 0.189. The molecule has 0 aromatic heterocycles. The summed E-state index contributed by atoms with van der Waals surface area (Å²) in [6.45, 7) is 10.4. The number of phenols is 1. The average molecular weight is 327 g/mol. The van der Waals surface area contributed by atoms with Gasteiger partial charge in [0.1, 0.15) is 5.75 Å². The van der Waals surface area contributed by atoms with Crippen molar-refractivity contribution in [3.8, 4) is 5.75 Å². The molecule has 1 saturated heterocycles. The predicted octanol–water partition coefficient (Wildman–Crippen LogP) is 2.99. The predicted molar refractivity (Wildman–Crippen MR) is 82.5 cm³/mol. The van der Waals surface area contributed by atoms with Gasteiger partial charge >= 0.3 is 0 Å². The molecule has 19 heavy (non-hydrogen) atoms. The highest BCUT2D eigenvalue weighted by molar-refractivity contribution is 9.10. The molecule has 0 atom stereocenters. The van der Waals surface area contributed by atoms with E-state index in [9.17, 15) is 5.11 Å². The van der Waals surface area contributed by atoms with Gasteiger partial charge in [-0.1, -0.05) is 15.9 Å². The molecule has 1 aliphatic heterocycles. The summed E-state index contributed by atoms with van der Waals surface area (Å²) in [6, 6.07) is 3.97. The number of phenolic OH excluding ortho intramolecular Hbond substituents is 1. The third-order valence-electron chi connectivity index (χ3n) is 4.13. The lowest BCUT2D eigenvalue weighted by molar-refractivity contribution is 0.0356. The van der Waals surface area contributed by atoms with Crippen molar-refractivity contribution in [2.24, 2.45) is 0 Å². The SMILES string of the molecule is Cc1cc(Br)cc(CN2CCN(C)C(C)(C)C2)c1O. The molecule has 1 fully saturated rings. The zero-order chi connectivity index (χ0) is 14.2. The second-order valence-electron chi connectivity index (χ2n) is 6.18. The van der Waals surface area contributed by atoms with Crippen LogP contribution in [0.5, 0.6) is 5.75 Å². The van der Waals surface area contributed by atoms with Crippen LogP contribution in [0.25, 0.3) is 0 Å². The summed E-state index contributed by atoms with van der Waals surface area (Å²) >= 11 is 3.51. The van der Waals surface area contributed by atoms with Gasteiger partial charge in [-0.05, 0) is 45.5 Å². The van der Waals surface area contributed by atoms with Gasteiger partial charge in [0.15, 0.2) is 0 Å². The maximum Gasteiger partial charge on any atom is 0.123 e. The van der Waals surface area contributed by atoms with Crippen LogP contribution in [-0.2, 0) is 6.54 Å². The third kappa shape index (κ3) is 3.30. The first-order chi connectivity index (χ1) is 8.79. The van der Waals surface area contributed by atoms with Gasteiger partial charge in [0.05, 0.1) is 0 Å². The summed E-state index contributed by atoms with van der Waals surface area (Å²) in [5, 5.41) is 10.2. The van der Waals surface area contributed by atoms with Gasteiger partial charge in [0.25, 0.3) is 0 Å². The molecule has 0 saturated carbocycles. The Morgan fingerprint density at radius 3 is 2.63 bits per heavy atom. The van der Waals surface area contributed by atoms with Gasteiger partial charge in [0.2, 0.25) is 0 Å². The Kier molecular flexibility index (Phi) is 4.23. The van der Waals surface area contributed by atoms with Crippen molar-refractivity contribution in [2.45, 2.75) is 32.9 Å². The van der Waals surface area contributed by atoms with Crippen LogP contribution >= 0.6 is 15.9 Å². The molecule has 3 nitrogen and oxygen atoms in total. The highest BCUT2D eigenvalue weighted by Gasteiger charge is 2.31. The lowest BCUT2D eigenvalue weighted by Crippen LogP contribution is -2.57. The molecule has 0 unspecified atom stereocenters. The third-order valence-corrected chi connectivity index (χ3v) is 4.59. The van der Waals surface area contributed by atoms with Crippen LogP contribution in [0.3, 0.4) is 0 Å². The molecule has 2 rings (SSSR count). The van der Waals surface area contributed by atoms with Crippen molar-refractivity contribution >= 4 is 15.9 Å². The number of benzene rings is 1. The van der Waals surface area contributed by atoms with Crippen molar-refractivity contribution in [2.75, 3.05) is 26.7 Å². The maximum atomic E-state index is 10.2. The van der Waals surface area contributed by atoms with Crippen molar-refractivity contribution in [3.05, 3.63) is 27.7 Å². The quantitative estimate of drug-likeness (QED) is 0.905. The Morgan fingerprint density at radius 2 is 2.00 bits per heavy atom. The van der Waals surface area contributed by atoms with Gasteiger partial charge in [0, 0.05) is 41.8 Å². The van der Waals surface area contributed by atoms with E-state index in [1.807, 2.05) is 19.1 Å². The van der Waals surface area contributed by atoms with E-state index in [0.29, 0.717) is 5.75 Å². The van der Waals surface area contributed by atoms with Crippen LogP contribution in [0, 0.1) is 6.92 Å². The molecule has 1 aromatic carbocycles. The molecule has 1 aliphatic rings. The molecule has 1 heterocycles. The summed E-state index contributed by atoms with van der Waals surface area (Å²) < 4.78 is 1.03. The van der Waals surface area contributed by atoms with Gasteiger partial charge in [-0.3, -0.25) is 9.80 Å². The normalized spacial score (nSPS) is 20.7. The van der Waals surface area contributed by atoms with Crippen molar-refractivity contribution in [3.63, 3.8) is 0 Å². The standard InChI is InChI=1S/C15H23BrN2O/c1-11-7-13(16)8-12(14(11)19)9-18-6-5-17(4)15(2,3)10-18/h7-8,19H,5-6,9-10H2,1-4H3. The molecule has 0 amide bonds. The monoisotopic (exact) mass is 326 g/mol. The summed E-state index contributed by atoms with van der Waals surface area (Å²) in [7, 11) is 2.18. The van der Waals surface area contributed by atoms with Gasteiger partial charge in [-0.2, -0.15) is 0 Å². The van der Waals surface area contributed by atoms with E-state index < -0.39 is 0 Å². The number of likely N-dealkylation sites (N-methyl/N-ethyl adjacent to an activating group) is 1. The zero-order valence-corrected chi connectivity index (χ0v) is 13.8. The Labute approximate surface area is 124 Å². The fraction of sp³-hybridized carbons (Fsp3) is 0.600. The zero-order valence-electron chi connectivity index (χ0n) is 12.2. The van der Waals surface area contributed by atoms with Crippen LogP contribution in [0.1, 0.15) is 25.0 Å². The Bertz CT molecular complexity index is 473. The van der Waals surface area contributed by atoms with Crippen molar-refractivity contribution < 1.29 is 5.11 Å². The van der Waals surface area contributed by atoms with Crippen molar-refractivity contribution in [1.29, 1.82) is 0 Å². The number of halogens is 1. The molecule has 0 radical (unpaired) electrons. The van der Waals surface area contributed by atoms with E-state index >= 15 is 0 Å². The van der Waals surface area contributed by atoms with Crippen LogP contribution < -0.4 is 0 Å². The summed E-state index contributed by atoms with van der Waals surface area (Å²) in [4.78, 5) is 4.82. The Morgan fingerprint density at radius 1 is 1.32 bits per heavy atom. The van der Waals surface area contributed by atoms with E-state index in [-0.39, 0.29) is 5.54 Å². The highest BCUT2D eigenvalue weighted by atomic mass is 79.9. The molecule has 0 bridgehead atoms. The van der Waals surface area contributed by atoms with Crippen LogP contribution in [0.15, 0.2) is 16.6 Å². The second kappa shape index (κ2) is 5.43. The Balaban J connectivity index is 2.14. The summed E-state index contributed by atoms with van der Waals surface area (Å²) in [6.07, 6.45) is 0. The number of aryl methyl sites for hydroxylation is 1. The van der Waals surface area contributed by atoms with Crippen molar-refractivity contribution in [1.82, 2.24) is 9.80 Å². The number of hydrogen-bond acceptors (Lipinski definition) is 3. The Hall–Kier alpha value is -0.580. The van der Waals surface area contributed by atoms with Crippen LogP contribution in [-0.4, -0.2) is 47.1 Å². The fourth-order valence-electron chi connectivity index (χ4n) is 2.64. The van der Waals surface area contributed by atoms with Gasteiger partial charge < -0.3 is 5.11 Å². The van der Waals surface area contributed by atoms with Gasteiger partial charge in [-0.25, -0.2) is 0 Å². The summed E-state index contributed by atoms with van der Waals surface area (Å²) in [5.41, 5.74) is 2.12. The topological polar surface area (TPSA) is 26.7 Å². The van der Waals surface area contributed by atoms with E-state index in [0.717, 1.165) is 41.8 Å². The van der Waals surface area contributed by atoms with E-state index in [1.54, 1.807) is 0 Å². The first-order valence-corrected chi connectivity index (χ1v) is 7.50. The smallest absolute Gasteiger partial charge is 0.123 e. The number of aromatic hydroxyl groups is 1. The molecule has 1 aromatic rings. The maximum absolute atomic E-state index is 10.2. The van der Waals surface area contributed by atoms with Crippen LogP contribution in [0.2, 0.25) is 0 Å². The van der Waals surface area contributed by atoms with Gasteiger partial charge in [-0.15, -0.1) is 0 Å². The molecular weight excluding hydrogens is 304 g/mol. The highest BCUT2D eigenvalue weighted by Crippen LogP contribution is 2.29. The van der Waals surface area contributed by atoms with Crippen LogP contribution in [0.4, 0.5) is 0 Å². The lowest BCUT2D eigenvalue weighted by Gasteiger charge is -2.45. The number of nitrogens with zero attached hydrogens (tertiary/aromatic N) is 2. The lowest BCUT2D eigenvalue weighted by atomic mass is 9.99. The molecular formula is C15H23BrN2O. The van der Waals surface area contributed by atoms with E-state index in [4.69, 9.17) is 0 Å². The molecule has 0 aliphatic carbocycles. The molecule has 0 spiro atoms. The number of piperazine rings is 1. The number of hydrogen-bond donors (Lipinski definition) is 1.